The van der Waals surface area contributed by atoms with E-state index in [4.69, 9.17) is 4.74 Å². The monoisotopic (exact) mass is 372 g/mol. The van der Waals surface area contributed by atoms with Crippen LogP contribution >= 0.6 is 0 Å². The molecule has 1 aromatic heterocycles. The summed E-state index contributed by atoms with van der Waals surface area (Å²) in [6.45, 7) is 3.78. The maximum atomic E-state index is 14.1. The van der Waals surface area contributed by atoms with Crippen molar-refractivity contribution in [3.8, 4) is 11.3 Å². The van der Waals surface area contributed by atoms with Crippen LogP contribution in [0.25, 0.3) is 11.3 Å². The maximum absolute atomic E-state index is 14.1. The van der Waals surface area contributed by atoms with E-state index in [0.717, 1.165) is 51.9 Å². The van der Waals surface area contributed by atoms with Crippen molar-refractivity contribution in [1.82, 2.24) is 20.4 Å². The van der Waals surface area contributed by atoms with Crippen LogP contribution in [0.5, 0.6) is 0 Å². The number of benzene rings is 1. The standard InChI is InChI=1S/C20H25FN4O2/c21-18-6-2-1-5-16(18)19-17(12-22-24-19)20(26)23-14-7-9-25(10-8-14)13-15-4-3-11-27-15/h1-2,5-6,12,14-15H,3-4,7-11,13H2,(H,22,24)(H,23,26)/t15-/m1/s1. The molecule has 2 aliphatic rings. The minimum atomic E-state index is -0.377. The Morgan fingerprint density at radius 2 is 2.11 bits per heavy atom. The number of rotatable bonds is 5. The molecule has 3 heterocycles. The molecular formula is C20H25FN4O2. The SMILES string of the molecule is O=C(NC1CCN(C[C@H]2CCCO2)CC1)c1cn[nH]c1-c1ccccc1F. The summed E-state index contributed by atoms with van der Waals surface area (Å²) in [5.74, 6) is -0.585. The second-order valence-corrected chi connectivity index (χ2v) is 7.32. The Balaban J connectivity index is 1.34. The Kier molecular flexibility index (Phi) is 5.50. The molecule has 7 heteroatoms. The molecule has 0 saturated carbocycles. The molecule has 144 valence electrons. The van der Waals surface area contributed by atoms with E-state index in [1.54, 1.807) is 18.2 Å². The zero-order valence-corrected chi connectivity index (χ0v) is 15.3. The molecule has 0 unspecified atom stereocenters. The van der Waals surface area contributed by atoms with Crippen LogP contribution in [0.2, 0.25) is 0 Å². The molecule has 6 nitrogen and oxygen atoms in total. The lowest BCUT2D eigenvalue weighted by atomic mass is 10.0. The van der Waals surface area contributed by atoms with Gasteiger partial charge in [-0.25, -0.2) is 4.39 Å². The van der Waals surface area contributed by atoms with Gasteiger partial charge in [-0.1, -0.05) is 12.1 Å². The highest BCUT2D eigenvalue weighted by Gasteiger charge is 2.26. The first-order valence-corrected chi connectivity index (χ1v) is 9.64. The Morgan fingerprint density at radius 1 is 1.30 bits per heavy atom. The van der Waals surface area contributed by atoms with E-state index < -0.39 is 0 Å². The highest BCUT2D eigenvalue weighted by Crippen LogP contribution is 2.24. The zero-order chi connectivity index (χ0) is 18.6. The van der Waals surface area contributed by atoms with Gasteiger partial charge in [0.1, 0.15) is 5.82 Å². The molecule has 1 atom stereocenters. The summed E-state index contributed by atoms with van der Waals surface area (Å²) in [6.07, 6.45) is 5.95. The van der Waals surface area contributed by atoms with Crippen molar-refractivity contribution in [2.24, 2.45) is 0 Å². The molecule has 0 radical (unpaired) electrons. The summed E-state index contributed by atoms with van der Waals surface area (Å²) in [5, 5.41) is 9.79. The number of halogens is 1. The topological polar surface area (TPSA) is 70.2 Å². The lowest BCUT2D eigenvalue weighted by Gasteiger charge is -2.33. The normalized spacial score (nSPS) is 21.4. The molecule has 2 saturated heterocycles. The number of hydrogen-bond donors (Lipinski definition) is 2. The molecule has 0 bridgehead atoms. The average Bonchev–Trinajstić information content (AvgIpc) is 3.35. The van der Waals surface area contributed by atoms with Gasteiger partial charge in [0.2, 0.25) is 0 Å². The Labute approximate surface area is 158 Å². The van der Waals surface area contributed by atoms with Crippen LogP contribution in [-0.4, -0.2) is 59.4 Å². The first-order valence-electron chi connectivity index (χ1n) is 9.64. The van der Waals surface area contributed by atoms with Crippen LogP contribution in [0.15, 0.2) is 30.5 Å². The lowest BCUT2D eigenvalue weighted by molar-refractivity contribution is 0.0613. The van der Waals surface area contributed by atoms with E-state index in [2.05, 4.69) is 20.4 Å². The Hall–Kier alpha value is -2.25. The van der Waals surface area contributed by atoms with Gasteiger partial charge < -0.3 is 15.0 Å². The van der Waals surface area contributed by atoms with Crippen LogP contribution in [0.3, 0.4) is 0 Å². The molecule has 1 aromatic carbocycles. The third-order valence-corrected chi connectivity index (χ3v) is 5.44. The zero-order valence-electron chi connectivity index (χ0n) is 15.3. The smallest absolute Gasteiger partial charge is 0.255 e. The van der Waals surface area contributed by atoms with Gasteiger partial charge in [-0.3, -0.25) is 9.89 Å². The number of amides is 1. The van der Waals surface area contributed by atoms with Crippen LogP contribution in [0.1, 0.15) is 36.0 Å². The third-order valence-electron chi connectivity index (χ3n) is 5.44. The van der Waals surface area contributed by atoms with Crippen molar-refractivity contribution in [1.29, 1.82) is 0 Å². The predicted octanol–water partition coefficient (Wildman–Crippen LogP) is 2.59. The van der Waals surface area contributed by atoms with Crippen molar-refractivity contribution in [3.05, 3.63) is 41.8 Å². The highest BCUT2D eigenvalue weighted by molar-refractivity contribution is 5.99. The third kappa shape index (κ3) is 4.20. The summed E-state index contributed by atoms with van der Waals surface area (Å²) in [4.78, 5) is 15.1. The molecule has 0 aliphatic carbocycles. The summed E-state index contributed by atoms with van der Waals surface area (Å²) >= 11 is 0. The van der Waals surface area contributed by atoms with Crippen molar-refractivity contribution in [2.45, 2.75) is 37.8 Å². The molecule has 2 fully saturated rings. The highest BCUT2D eigenvalue weighted by atomic mass is 19.1. The molecule has 27 heavy (non-hydrogen) atoms. The number of nitrogens with one attached hydrogen (secondary N) is 2. The van der Waals surface area contributed by atoms with Gasteiger partial charge in [0.15, 0.2) is 0 Å². The molecule has 4 rings (SSSR count). The number of nitrogens with zero attached hydrogens (tertiary/aromatic N) is 2. The van der Waals surface area contributed by atoms with Gasteiger partial charge in [-0.15, -0.1) is 0 Å². The van der Waals surface area contributed by atoms with Gasteiger partial charge in [-0.2, -0.15) is 5.10 Å². The van der Waals surface area contributed by atoms with E-state index >= 15 is 0 Å². The number of aromatic amines is 1. The minimum absolute atomic E-state index is 0.126. The number of likely N-dealkylation sites (tertiary alicyclic amines) is 1. The second-order valence-electron chi connectivity index (χ2n) is 7.32. The van der Waals surface area contributed by atoms with Crippen molar-refractivity contribution in [3.63, 3.8) is 0 Å². The van der Waals surface area contributed by atoms with E-state index in [9.17, 15) is 9.18 Å². The van der Waals surface area contributed by atoms with E-state index in [0.29, 0.717) is 22.9 Å². The largest absolute Gasteiger partial charge is 0.377 e. The van der Waals surface area contributed by atoms with Gasteiger partial charge in [0.05, 0.1) is 23.6 Å². The molecule has 2 aromatic rings. The number of piperidine rings is 1. The number of ether oxygens (including phenoxy) is 1. The van der Waals surface area contributed by atoms with Gasteiger partial charge >= 0.3 is 0 Å². The summed E-state index contributed by atoms with van der Waals surface area (Å²) in [7, 11) is 0. The fourth-order valence-electron chi connectivity index (χ4n) is 3.93. The van der Waals surface area contributed by atoms with Crippen LogP contribution in [0, 0.1) is 5.82 Å². The number of aromatic nitrogens is 2. The average molecular weight is 372 g/mol. The van der Waals surface area contributed by atoms with Crippen LogP contribution < -0.4 is 5.32 Å². The van der Waals surface area contributed by atoms with Gasteiger partial charge in [0.25, 0.3) is 5.91 Å². The minimum Gasteiger partial charge on any atom is -0.377 e. The van der Waals surface area contributed by atoms with Crippen LogP contribution in [0.4, 0.5) is 4.39 Å². The summed E-state index contributed by atoms with van der Waals surface area (Å²) in [6, 6.07) is 6.51. The fraction of sp³-hybridized carbons (Fsp3) is 0.500. The second kappa shape index (κ2) is 8.19. The Morgan fingerprint density at radius 3 is 2.85 bits per heavy atom. The summed E-state index contributed by atoms with van der Waals surface area (Å²) < 4.78 is 19.8. The van der Waals surface area contributed by atoms with Crippen molar-refractivity contribution >= 4 is 5.91 Å². The molecule has 0 spiro atoms. The molecule has 2 N–H and O–H groups in total. The fourth-order valence-corrected chi connectivity index (χ4v) is 3.93. The molecule has 2 aliphatic heterocycles. The molecular weight excluding hydrogens is 347 g/mol. The van der Waals surface area contributed by atoms with Crippen molar-refractivity contribution in [2.75, 3.05) is 26.2 Å². The number of H-pyrrole nitrogens is 1. The quantitative estimate of drug-likeness (QED) is 0.846. The van der Waals surface area contributed by atoms with Crippen molar-refractivity contribution < 1.29 is 13.9 Å². The number of carbonyl (C=O) groups is 1. The molecule has 1 amide bonds. The maximum Gasteiger partial charge on any atom is 0.255 e. The predicted molar refractivity (Wildman–Crippen MR) is 99.9 cm³/mol. The van der Waals surface area contributed by atoms with Gasteiger partial charge in [-0.05, 0) is 37.8 Å². The van der Waals surface area contributed by atoms with Gasteiger partial charge in [0, 0.05) is 37.8 Å². The lowest BCUT2D eigenvalue weighted by Crippen LogP contribution is -2.46. The van der Waals surface area contributed by atoms with E-state index in [1.807, 2.05) is 0 Å². The van der Waals surface area contributed by atoms with Crippen LogP contribution in [-0.2, 0) is 4.74 Å². The van der Waals surface area contributed by atoms with E-state index in [1.165, 1.54) is 12.3 Å². The summed E-state index contributed by atoms with van der Waals surface area (Å²) in [5.41, 5.74) is 1.15. The first kappa shape index (κ1) is 18.1. The number of carbonyl (C=O) groups excluding carboxylic acids is 1. The number of hydrogen-bond acceptors (Lipinski definition) is 4. The van der Waals surface area contributed by atoms with E-state index in [-0.39, 0.29) is 17.8 Å². The Bertz CT molecular complexity index is 780. The first-order chi connectivity index (χ1) is 13.2.